The zero-order valence-electron chi connectivity index (χ0n) is 12.7. The first kappa shape index (κ1) is 17.6. The van der Waals surface area contributed by atoms with E-state index in [1.165, 1.54) is 11.3 Å². The van der Waals surface area contributed by atoms with Gasteiger partial charge in [0.05, 0.1) is 12.1 Å². The van der Waals surface area contributed by atoms with Gasteiger partial charge in [-0.25, -0.2) is 13.1 Å². The SMILES string of the molecule is COCC(C)(C)NS(=O)(=O)c1cc(CNC(C)C)cs1. The lowest BCUT2D eigenvalue weighted by molar-refractivity contribution is 0.141. The molecule has 1 aromatic rings. The number of sulfonamides is 1. The summed E-state index contributed by atoms with van der Waals surface area (Å²) in [6.07, 6.45) is 0. The van der Waals surface area contributed by atoms with Gasteiger partial charge >= 0.3 is 0 Å². The molecule has 1 aromatic heterocycles. The van der Waals surface area contributed by atoms with E-state index < -0.39 is 15.6 Å². The van der Waals surface area contributed by atoms with E-state index in [1.807, 2.05) is 5.38 Å². The first-order valence-electron chi connectivity index (χ1n) is 6.50. The summed E-state index contributed by atoms with van der Waals surface area (Å²) in [5.74, 6) is 0. The van der Waals surface area contributed by atoms with Gasteiger partial charge in [-0.05, 0) is 30.9 Å². The van der Waals surface area contributed by atoms with Gasteiger partial charge in [0.15, 0.2) is 0 Å². The second-order valence-electron chi connectivity index (χ2n) is 5.73. The molecule has 1 rings (SSSR count). The van der Waals surface area contributed by atoms with Crippen molar-refractivity contribution in [2.24, 2.45) is 0 Å². The molecule has 0 aliphatic carbocycles. The molecular formula is C13H24N2O3S2. The minimum absolute atomic E-state index is 0.319. The lowest BCUT2D eigenvalue weighted by Crippen LogP contribution is -2.46. The highest BCUT2D eigenvalue weighted by atomic mass is 32.2. The maximum absolute atomic E-state index is 12.3. The number of nitrogens with one attached hydrogen (secondary N) is 2. The summed E-state index contributed by atoms with van der Waals surface area (Å²) in [6.45, 7) is 8.69. The maximum Gasteiger partial charge on any atom is 0.250 e. The van der Waals surface area contributed by atoms with Crippen LogP contribution >= 0.6 is 11.3 Å². The highest BCUT2D eigenvalue weighted by Crippen LogP contribution is 2.22. The fourth-order valence-corrected chi connectivity index (χ4v) is 4.32. The zero-order valence-corrected chi connectivity index (χ0v) is 14.3. The van der Waals surface area contributed by atoms with Crippen LogP contribution in [0.4, 0.5) is 0 Å². The third-order valence-electron chi connectivity index (χ3n) is 2.52. The minimum Gasteiger partial charge on any atom is -0.383 e. The molecule has 0 saturated heterocycles. The van der Waals surface area contributed by atoms with Crippen LogP contribution in [0.1, 0.15) is 33.3 Å². The Bertz CT molecular complexity index is 521. The monoisotopic (exact) mass is 320 g/mol. The summed E-state index contributed by atoms with van der Waals surface area (Å²) in [5.41, 5.74) is 0.349. The number of methoxy groups -OCH3 is 1. The Morgan fingerprint density at radius 1 is 1.40 bits per heavy atom. The maximum atomic E-state index is 12.3. The number of hydrogen-bond donors (Lipinski definition) is 2. The van der Waals surface area contributed by atoms with Gasteiger partial charge in [-0.2, -0.15) is 0 Å². The second-order valence-corrected chi connectivity index (χ2v) is 8.55. The van der Waals surface area contributed by atoms with Crippen LogP contribution in [0.3, 0.4) is 0 Å². The summed E-state index contributed by atoms with van der Waals surface area (Å²) in [5, 5.41) is 5.13. The van der Waals surface area contributed by atoms with E-state index in [0.29, 0.717) is 23.4 Å². The van der Waals surface area contributed by atoms with Gasteiger partial charge in [-0.1, -0.05) is 13.8 Å². The Kier molecular flexibility index (Phi) is 6.15. The number of hydrogen-bond acceptors (Lipinski definition) is 5. The molecule has 7 heteroatoms. The first-order chi connectivity index (χ1) is 9.16. The average Bonchev–Trinajstić information content (AvgIpc) is 2.73. The molecule has 2 N–H and O–H groups in total. The van der Waals surface area contributed by atoms with Gasteiger partial charge in [-0.15, -0.1) is 11.3 Å². The third kappa shape index (κ3) is 5.49. The van der Waals surface area contributed by atoms with E-state index in [0.717, 1.165) is 5.56 Å². The molecule has 0 saturated carbocycles. The summed E-state index contributed by atoms with van der Waals surface area (Å²) in [4.78, 5) is 0. The number of ether oxygens (including phenoxy) is 1. The van der Waals surface area contributed by atoms with Gasteiger partial charge in [0.25, 0.3) is 10.0 Å². The van der Waals surface area contributed by atoms with Crippen molar-refractivity contribution in [1.29, 1.82) is 0 Å². The third-order valence-corrected chi connectivity index (χ3v) is 5.71. The smallest absolute Gasteiger partial charge is 0.250 e. The van der Waals surface area contributed by atoms with Crippen molar-refractivity contribution in [2.75, 3.05) is 13.7 Å². The van der Waals surface area contributed by atoms with Crippen LogP contribution in [0.15, 0.2) is 15.7 Å². The standard InChI is InChI=1S/C13H24N2O3S2/c1-10(2)14-7-11-6-12(19-8-11)20(16,17)15-13(3,4)9-18-5/h6,8,10,14-15H,7,9H2,1-5H3. The second kappa shape index (κ2) is 7.00. The Morgan fingerprint density at radius 2 is 2.05 bits per heavy atom. The fourth-order valence-electron chi connectivity index (χ4n) is 1.71. The molecule has 0 atom stereocenters. The van der Waals surface area contributed by atoms with Gasteiger partial charge in [0, 0.05) is 19.7 Å². The van der Waals surface area contributed by atoms with Crippen LogP contribution in [0.25, 0.3) is 0 Å². The fraction of sp³-hybridized carbons (Fsp3) is 0.692. The molecule has 0 amide bonds. The molecule has 116 valence electrons. The predicted octanol–water partition coefficient (Wildman–Crippen LogP) is 1.95. The topological polar surface area (TPSA) is 67.4 Å². The Morgan fingerprint density at radius 3 is 2.60 bits per heavy atom. The lowest BCUT2D eigenvalue weighted by Gasteiger charge is -2.24. The predicted molar refractivity (Wildman–Crippen MR) is 82.6 cm³/mol. The van der Waals surface area contributed by atoms with Crippen LogP contribution in [-0.4, -0.2) is 33.7 Å². The largest absolute Gasteiger partial charge is 0.383 e. The quantitative estimate of drug-likeness (QED) is 0.768. The summed E-state index contributed by atoms with van der Waals surface area (Å²) < 4.78 is 32.6. The van der Waals surface area contributed by atoms with Crippen LogP contribution in [0, 0.1) is 0 Å². The molecule has 0 spiro atoms. The van der Waals surface area contributed by atoms with E-state index in [9.17, 15) is 8.42 Å². The van der Waals surface area contributed by atoms with E-state index in [-0.39, 0.29) is 0 Å². The lowest BCUT2D eigenvalue weighted by atomic mass is 10.1. The van der Waals surface area contributed by atoms with Crippen LogP contribution in [-0.2, 0) is 21.3 Å². The molecule has 0 aliphatic heterocycles. The van der Waals surface area contributed by atoms with Gasteiger partial charge in [-0.3, -0.25) is 0 Å². The van der Waals surface area contributed by atoms with Crippen molar-refractivity contribution < 1.29 is 13.2 Å². The van der Waals surface area contributed by atoms with E-state index >= 15 is 0 Å². The number of rotatable bonds is 8. The minimum atomic E-state index is -3.50. The van der Waals surface area contributed by atoms with E-state index in [4.69, 9.17) is 4.74 Å². The Balaban J connectivity index is 2.78. The van der Waals surface area contributed by atoms with Crippen molar-refractivity contribution in [2.45, 2.75) is 50.0 Å². The summed E-state index contributed by atoms with van der Waals surface area (Å²) in [6, 6.07) is 2.08. The number of thiophene rings is 1. The van der Waals surface area contributed by atoms with Crippen molar-refractivity contribution >= 4 is 21.4 Å². The molecule has 0 aromatic carbocycles. The molecule has 5 nitrogen and oxygen atoms in total. The van der Waals surface area contributed by atoms with Crippen molar-refractivity contribution in [1.82, 2.24) is 10.0 Å². The molecule has 0 unspecified atom stereocenters. The molecule has 0 fully saturated rings. The molecule has 0 bridgehead atoms. The van der Waals surface area contributed by atoms with Crippen LogP contribution < -0.4 is 10.0 Å². The Hall–Kier alpha value is -0.470. The first-order valence-corrected chi connectivity index (χ1v) is 8.86. The normalized spacial score (nSPS) is 13.1. The molecular weight excluding hydrogens is 296 g/mol. The van der Waals surface area contributed by atoms with E-state index in [2.05, 4.69) is 23.9 Å². The molecule has 20 heavy (non-hydrogen) atoms. The highest BCUT2D eigenvalue weighted by Gasteiger charge is 2.27. The van der Waals surface area contributed by atoms with Crippen LogP contribution in [0.5, 0.6) is 0 Å². The highest BCUT2D eigenvalue weighted by molar-refractivity contribution is 7.91. The van der Waals surface area contributed by atoms with Crippen molar-refractivity contribution in [3.05, 3.63) is 17.0 Å². The summed E-state index contributed by atoms with van der Waals surface area (Å²) >= 11 is 1.24. The molecule has 0 aliphatic rings. The van der Waals surface area contributed by atoms with E-state index in [1.54, 1.807) is 27.0 Å². The summed E-state index contributed by atoms with van der Waals surface area (Å²) in [7, 11) is -1.94. The Labute approximate surface area is 125 Å². The van der Waals surface area contributed by atoms with Gasteiger partial charge in [0.1, 0.15) is 4.21 Å². The molecule has 0 radical (unpaired) electrons. The molecule has 1 heterocycles. The van der Waals surface area contributed by atoms with Gasteiger partial charge in [0.2, 0.25) is 0 Å². The van der Waals surface area contributed by atoms with Gasteiger partial charge < -0.3 is 10.1 Å². The van der Waals surface area contributed by atoms with Crippen molar-refractivity contribution in [3.63, 3.8) is 0 Å². The zero-order chi connectivity index (χ0) is 15.4. The van der Waals surface area contributed by atoms with Crippen LogP contribution in [0.2, 0.25) is 0 Å². The average molecular weight is 320 g/mol. The van der Waals surface area contributed by atoms with Crippen molar-refractivity contribution in [3.8, 4) is 0 Å².